The van der Waals surface area contributed by atoms with E-state index in [0.29, 0.717) is 6.04 Å². The van der Waals surface area contributed by atoms with Crippen LogP contribution in [0.25, 0.3) is 0 Å². The molecule has 0 radical (unpaired) electrons. The van der Waals surface area contributed by atoms with Crippen molar-refractivity contribution in [1.82, 2.24) is 5.32 Å². The molecule has 1 atom stereocenters. The molecule has 1 fully saturated rings. The van der Waals surface area contributed by atoms with Crippen molar-refractivity contribution in [3.63, 3.8) is 0 Å². The number of nitrogens with one attached hydrogen (secondary N) is 1. The summed E-state index contributed by atoms with van der Waals surface area (Å²) in [6.45, 7) is 3.35. The molecule has 1 N–H and O–H groups in total. The molecule has 1 unspecified atom stereocenters. The smallest absolute Gasteiger partial charge is 0.0383 e. The van der Waals surface area contributed by atoms with Gasteiger partial charge in [0, 0.05) is 31.4 Å². The minimum atomic E-state index is 0.549. The van der Waals surface area contributed by atoms with Crippen molar-refractivity contribution < 1.29 is 0 Å². The molecule has 0 heterocycles. The van der Waals surface area contributed by atoms with E-state index in [1.54, 1.807) is 0 Å². The molecule has 0 aromatic heterocycles. The van der Waals surface area contributed by atoms with Crippen LogP contribution < -0.4 is 10.2 Å². The molecular weight excluding hydrogens is 184 g/mol. The first-order valence-electron chi connectivity index (χ1n) is 5.78. The number of hydrogen-bond acceptors (Lipinski definition) is 2. The number of rotatable bonds is 5. The van der Waals surface area contributed by atoms with Crippen LogP contribution >= 0.6 is 0 Å². The van der Waals surface area contributed by atoms with Crippen molar-refractivity contribution in [3.8, 4) is 0 Å². The Morgan fingerprint density at radius 1 is 1.33 bits per heavy atom. The Kier molecular flexibility index (Phi) is 3.27. The third-order valence-electron chi connectivity index (χ3n) is 3.10. The Hall–Kier alpha value is -1.02. The van der Waals surface area contributed by atoms with Crippen molar-refractivity contribution in [2.75, 3.05) is 18.5 Å². The number of nitrogens with zero attached hydrogens (tertiary/aromatic N) is 1. The van der Waals surface area contributed by atoms with Crippen LogP contribution in [0, 0.1) is 0 Å². The monoisotopic (exact) mass is 204 g/mol. The van der Waals surface area contributed by atoms with Gasteiger partial charge in [-0.3, -0.25) is 0 Å². The van der Waals surface area contributed by atoms with Gasteiger partial charge in [0.05, 0.1) is 0 Å². The molecule has 0 saturated heterocycles. The molecule has 1 saturated carbocycles. The van der Waals surface area contributed by atoms with Crippen LogP contribution in [0.15, 0.2) is 30.3 Å². The maximum absolute atomic E-state index is 3.57. The van der Waals surface area contributed by atoms with Gasteiger partial charge in [-0.1, -0.05) is 18.2 Å². The van der Waals surface area contributed by atoms with Crippen LogP contribution in [0.2, 0.25) is 0 Å². The van der Waals surface area contributed by atoms with Crippen LogP contribution in [0.1, 0.15) is 19.8 Å². The second-order valence-corrected chi connectivity index (χ2v) is 4.48. The summed E-state index contributed by atoms with van der Waals surface area (Å²) in [6.07, 6.45) is 2.73. The van der Waals surface area contributed by atoms with Crippen molar-refractivity contribution in [3.05, 3.63) is 30.3 Å². The van der Waals surface area contributed by atoms with E-state index in [-0.39, 0.29) is 0 Å². The van der Waals surface area contributed by atoms with Gasteiger partial charge in [-0.15, -0.1) is 0 Å². The van der Waals surface area contributed by atoms with E-state index in [4.69, 9.17) is 0 Å². The third kappa shape index (κ3) is 2.96. The highest BCUT2D eigenvalue weighted by Crippen LogP contribution is 2.19. The van der Waals surface area contributed by atoms with E-state index in [1.165, 1.54) is 18.5 Å². The van der Waals surface area contributed by atoms with Gasteiger partial charge in [0.15, 0.2) is 0 Å². The Bertz CT molecular complexity index is 293. The first-order chi connectivity index (χ1) is 7.27. The second kappa shape index (κ2) is 4.67. The van der Waals surface area contributed by atoms with Gasteiger partial charge in [0.25, 0.3) is 0 Å². The van der Waals surface area contributed by atoms with Gasteiger partial charge in [0.1, 0.15) is 0 Å². The predicted molar refractivity (Wildman–Crippen MR) is 65.3 cm³/mol. The Balaban J connectivity index is 1.85. The molecule has 0 aliphatic heterocycles. The fraction of sp³-hybridized carbons (Fsp3) is 0.538. The van der Waals surface area contributed by atoms with Gasteiger partial charge in [0.2, 0.25) is 0 Å². The van der Waals surface area contributed by atoms with Gasteiger partial charge < -0.3 is 10.2 Å². The third-order valence-corrected chi connectivity index (χ3v) is 3.10. The summed E-state index contributed by atoms with van der Waals surface area (Å²) in [4.78, 5) is 2.33. The average Bonchev–Trinajstić information content (AvgIpc) is 3.10. The fourth-order valence-corrected chi connectivity index (χ4v) is 1.68. The second-order valence-electron chi connectivity index (χ2n) is 4.48. The van der Waals surface area contributed by atoms with E-state index in [9.17, 15) is 0 Å². The van der Waals surface area contributed by atoms with Crippen LogP contribution in [0.5, 0.6) is 0 Å². The molecule has 1 aromatic rings. The summed E-state index contributed by atoms with van der Waals surface area (Å²) >= 11 is 0. The van der Waals surface area contributed by atoms with E-state index in [2.05, 4.69) is 54.5 Å². The first kappa shape index (κ1) is 10.5. The Labute approximate surface area is 92.3 Å². The Morgan fingerprint density at radius 3 is 2.60 bits per heavy atom. The minimum absolute atomic E-state index is 0.549. The van der Waals surface area contributed by atoms with Gasteiger partial charge in [-0.25, -0.2) is 0 Å². The molecule has 15 heavy (non-hydrogen) atoms. The van der Waals surface area contributed by atoms with E-state index in [0.717, 1.165) is 12.6 Å². The maximum Gasteiger partial charge on any atom is 0.0383 e. The molecule has 0 amide bonds. The fourth-order valence-electron chi connectivity index (χ4n) is 1.68. The topological polar surface area (TPSA) is 15.3 Å². The standard InChI is InChI=1S/C13H20N2/c1-11(10-14-12-8-9-12)15(2)13-6-4-3-5-7-13/h3-7,11-12,14H,8-10H2,1-2H3. The van der Waals surface area contributed by atoms with E-state index < -0.39 is 0 Å². The van der Waals surface area contributed by atoms with Crippen LogP contribution in [0.3, 0.4) is 0 Å². The van der Waals surface area contributed by atoms with Crippen molar-refractivity contribution in [1.29, 1.82) is 0 Å². The largest absolute Gasteiger partial charge is 0.371 e. The molecule has 82 valence electrons. The van der Waals surface area contributed by atoms with Crippen LogP contribution in [-0.4, -0.2) is 25.7 Å². The number of para-hydroxylation sites is 1. The normalized spacial score (nSPS) is 17.5. The number of likely N-dealkylation sites (N-methyl/N-ethyl adjacent to an activating group) is 1. The zero-order chi connectivity index (χ0) is 10.7. The number of benzene rings is 1. The van der Waals surface area contributed by atoms with E-state index in [1.807, 2.05) is 0 Å². The number of hydrogen-bond donors (Lipinski definition) is 1. The molecule has 2 heteroatoms. The molecule has 2 rings (SSSR count). The van der Waals surface area contributed by atoms with Crippen molar-refractivity contribution in [2.45, 2.75) is 31.8 Å². The quantitative estimate of drug-likeness (QED) is 0.791. The molecule has 1 aliphatic rings. The summed E-state index contributed by atoms with van der Waals surface area (Å²) in [7, 11) is 2.16. The van der Waals surface area contributed by atoms with Crippen molar-refractivity contribution in [2.24, 2.45) is 0 Å². The SMILES string of the molecule is CC(CNC1CC1)N(C)c1ccccc1. The summed E-state index contributed by atoms with van der Waals surface area (Å²) in [5.41, 5.74) is 1.29. The Morgan fingerprint density at radius 2 is 2.00 bits per heavy atom. The average molecular weight is 204 g/mol. The lowest BCUT2D eigenvalue weighted by Crippen LogP contribution is -2.38. The maximum atomic E-state index is 3.57. The lowest BCUT2D eigenvalue weighted by molar-refractivity contribution is 0.583. The highest BCUT2D eigenvalue weighted by atomic mass is 15.2. The molecule has 1 aromatic carbocycles. The van der Waals surface area contributed by atoms with Crippen LogP contribution in [-0.2, 0) is 0 Å². The molecule has 0 bridgehead atoms. The molecule has 2 nitrogen and oxygen atoms in total. The van der Waals surface area contributed by atoms with E-state index >= 15 is 0 Å². The summed E-state index contributed by atoms with van der Waals surface area (Å²) in [5.74, 6) is 0. The van der Waals surface area contributed by atoms with Gasteiger partial charge >= 0.3 is 0 Å². The molecule has 1 aliphatic carbocycles. The number of anilines is 1. The first-order valence-corrected chi connectivity index (χ1v) is 5.78. The van der Waals surface area contributed by atoms with Crippen molar-refractivity contribution >= 4 is 5.69 Å². The highest BCUT2D eigenvalue weighted by Gasteiger charge is 2.21. The predicted octanol–water partition coefficient (Wildman–Crippen LogP) is 2.26. The minimum Gasteiger partial charge on any atom is -0.371 e. The zero-order valence-corrected chi connectivity index (χ0v) is 9.61. The molecule has 0 spiro atoms. The van der Waals surface area contributed by atoms with Crippen LogP contribution in [0.4, 0.5) is 5.69 Å². The summed E-state index contributed by atoms with van der Waals surface area (Å²) in [5, 5.41) is 3.57. The lowest BCUT2D eigenvalue weighted by Gasteiger charge is -2.27. The van der Waals surface area contributed by atoms with Gasteiger partial charge in [-0.2, -0.15) is 0 Å². The zero-order valence-electron chi connectivity index (χ0n) is 9.61. The summed E-state index contributed by atoms with van der Waals surface area (Å²) < 4.78 is 0. The summed E-state index contributed by atoms with van der Waals surface area (Å²) in [6, 6.07) is 11.9. The lowest BCUT2D eigenvalue weighted by atomic mass is 10.2. The molecular formula is C13H20N2. The van der Waals surface area contributed by atoms with Gasteiger partial charge in [-0.05, 0) is 31.9 Å². The highest BCUT2D eigenvalue weighted by molar-refractivity contribution is 5.45.